The molecule has 2 aromatic carbocycles. The lowest BCUT2D eigenvalue weighted by Gasteiger charge is -2.28. The molecular weight excluding hydrogens is 347 g/mol. The normalized spacial score (nSPS) is 16.8. The summed E-state index contributed by atoms with van der Waals surface area (Å²) in [6, 6.07) is 6.94. The van der Waals surface area contributed by atoms with Gasteiger partial charge < -0.3 is 16.0 Å². The van der Waals surface area contributed by atoms with Crippen molar-refractivity contribution in [3.63, 3.8) is 0 Å². The molecule has 1 heterocycles. The summed E-state index contributed by atoms with van der Waals surface area (Å²) in [6.07, 6.45) is 0. The first kappa shape index (κ1) is 17.5. The van der Waals surface area contributed by atoms with E-state index in [4.69, 9.17) is 0 Å². The van der Waals surface area contributed by atoms with E-state index in [0.717, 1.165) is 12.1 Å². The van der Waals surface area contributed by atoms with E-state index in [1.54, 1.807) is 0 Å². The van der Waals surface area contributed by atoms with E-state index >= 15 is 0 Å². The number of hydrogen-bond donors (Lipinski definition) is 3. The van der Waals surface area contributed by atoms with Crippen LogP contribution in [0.25, 0.3) is 0 Å². The van der Waals surface area contributed by atoms with Gasteiger partial charge >= 0.3 is 6.03 Å². The van der Waals surface area contributed by atoms with Gasteiger partial charge in [0.05, 0.1) is 11.6 Å². The fourth-order valence-corrected chi connectivity index (χ4v) is 2.67. The van der Waals surface area contributed by atoms with Crippen molar-refractivity contribution in [1.82, 2.24) is 10.6 Å². The summed E-state index contributed by atoms with van der Waals surface area (Å²) in [6.45, 7) is 1.54. The third-order valence-electron chi connectivity index (χ3n) is 3.89. The number of carbonyl (C=O) groups excluding carboxylic acids is 2. The van der Waals surface area contributed by atoms with Crippen LogP contribution in [0.15, 0.2) is 53.7 Å². The number of rotatable bonds is 3. The molecule has 0 aromatic heterocycles. The topological polar surface area (TPSA) is 70.2 Å². The summed E-state index contributed by atoms with van der Waals surface area (Å²) in [5.74, 6) is -3.20. The summed E-state index contributed by atoms with van der Waals surface area (Å²) in [5.41, 5.74) is 1.02. The van der Waals surface area contributed by atoms with Gasteiger partial charge in [-0.25, -0.2) is 18.0 Å². The van der Waals surface area contributed by atoms with E-state index in [-0.39, 0.29) is 11.3 Å². The Morgan fingerprint density at radius 1 is 1.04 bits per heavy atom. The number of halogens is 3. The Labute approximate surface area is 146 Å². The molecule has 1 atom stereocenters. The number of carbonyl (C=O) groups is 2. The van der Waals surface area contributed by atoms with Gasteiger partial charge in [0, 0.05) is 17.5 Å². The molecule has 0 unspecified atom stereocenters. The van der Waals surface area contributed by atoms with Crippen molar-refractivity contribution in [2.45, 2.75) is 13.0 Å². The summed E-state index contributed by atoms with van der Waals surface area (Å²) < 4.78 is 39.5. The number of anilines is 1. The SMILES string of the molecule is CC1=C(C(=O)Nc2ccc(F)c(F)c2)[C@@H](c2ccc(F)cc2)NC(=O)N1. The second kappa shape index (κ2) is 6.91. The molecule has 26 heavy (non-hydrogen) atoms. The molecule has 3 amide bonds. The largest absolute Gasteiger partial charge is 0.327 e. The highest BCUT2D eigenvalue weighted by atomic mass is 19.2. The molecule has 3 rings (SSSR count). The number of amides is 3. The van der Waals surface area contributed by atoms with Crippen LogP contribution in [0.5, 0.6) is 0 Å². The lowest BCUT2D eigenvalue weighted by Crippen LogP contribution is -2.45. The van der Waals surface area contributed by atoms with Crippen LogP contribution in [-0.2, 0) is 4.79 Å². The van der Waals surface area contributed by atoms with E-state index in [1.165, 1.54) is 37.3 Å². The van der Waals surface area contributed by atoms with Crippen LogP contribution in [0, 0.1) is 17.5 Å². The quantitative estimate of drug-likeness (QED) is 0.785. The molecule has 2 aromatic rings. The van der Waals surface area contributed by atoms with E-state index in [1.807, 2.05) is 0 Å². The van der Waals surface area contributed by atoms with Gasteiger partial charge in [-0.15, -0.1) is 0 Å². The van der Waals surface area contributed by atoms with Crippen LogP contribution in [0.1, 0.15) is 18.5 Å². The summed E-state index contributed by atoms with van der Waals surface area (Å²) in [4.78, 5) is 24.5. The highest BCUT2D eigenvalue weighted by molar-refractivity contribution is 6.06. The van der Waals surface area contributed by atoms with Gasteiger partial charge in [-0.1, -0.05) is 12.1 Å². The zero-order chi connectivity index (χ0) is 18.8. The third-order valence-corrected chi connectivity index (χ3v) is 3.89. The second-order valence-corrected chi connectivity index (χ2v) is 5.70. The molecule has 1 aliphatic heterocycles. The molecule has 0 fully saturated rings. The lowest BCUT2D eigenvalue weighted by atomic mass is 9.95. The predicted octanol–water partition coefficient (Wildman–Crippen LogP) is 3.37. The molecule has 0 bridgehead atoms. The van der Waals surface area contributed by atoms with Crippen molar-refractivity contribution in [1.29, 1.82) is 0 Å². The lowest BCUT2D eigenvalue weighted by molar-refractivity contribution is -0.113. The standard InChI is InChI=1S/C18H14F3N3O2/c1-9-15(17(25)23-12-6-7-13(20)14(21)8-12)16(24-18(26)22-9)10-2-4-11(19)5-3-10/h2-8,16H,1H3,(H,23,25)(H2,22,24,26)/t16-/m1/s1. The number of benzene rings is 2. The number of hydrogen-bond acceptors (Lipinski definition) is 2. The van der Waals surface area contributed by atoms with Gasteiger partial charge in [-0.05, 0) is 36.8 Å². The Bertz CT molecular complexity index is 910. The first-order valence-electron chi connectivity index (χ1n) is 7.65. The fraction of sp³-hybridized carbons (Fsp3) is 0.111. The summed E-state index contributed by atoms with van der Waals surface area (Å²) in [5, 5.41) is 7.55. The molecule has 5 nitrogen and oxygen atoms in total. The first-order chi connectivity index (χ1) is 12.3. The summed E-state index contributed by atoms with van der Waals surface area (Å²) in [7, 11) is 0. The van der Waals surface area contributed by atoms with Crippen molar-refractivity contribution >= 4 is 17.6 Å². The van der Waals surface area contributed by atoms with Crippen molar-refractivity contribution in [3.8, 4) is 0 Å². The van der Waals surface area contributed by atoms with Gasteiger partial charge in [0.1, 0.15) is 5.82 Å². The van der Waals surface area contributed by atoms with Crippen molar-refractivity contribution in [2.24, 2.45) is 0 Å². The Balaban J connectivity index is 1.93. The summed E-state index contributed by atoms with van der Waals surface area (Å²) >= 11 is 0. The Kier molecular flexibility index (Phi) is 4.66. The van der Waals surface area contributed by atoms with Gasteiger partial charge in [0.2, 0.25) is 0 Å². The van der Waals surface area contributed by atoms with Crippen LogP contribution in [-0.4, -0.2) is 11.9 Å². The van der Waals surface area contributed by atoms with Crippen LogP contribution in [0.4, 0.5) is 23.7 Å². The zero-order valence-corrected chi connectivity index (χ0v) is 13.6. The maximum Gasteiger partial charge on any atom is 0.319 e. The molecule has 0 spiro atoms. The maximum absolute atomic E-state index is 13.3. The Morgan fingerprint density at radius 2 is 1.73 bits per heavy atom. The smallest absolute Gasteiger partial charge is 0.319 e. The van der Waals surface area contributed by atoms with Gasteiger partial charge in [0.15, 0.2) is 11.6 Å². The average molecular weight is 361 g/mol. The number of allylic oxidation sites excluding steroid dienone is 1. The molecule has 8 heteroatoms. The third kappa shape index (κ3) is 3.53. The highest BCUT2D eigenvalue weighted by Gasteiger charge is 2.31. The molecule has 0 aliphatic carbocycles. The molecule has 3 N–H and O–H groups in total. The Hall–Kier alpha value is -3.29. The average Bonchev–Trinajstić information content (AvgIpc) is 2.58. The van der Waals surface area contributed by atoms with Crippen LogP contribution in [0.3, 0.4) is 0 Å². The van der Waals surface area contributed by atoms with Gasteiger partial charge in [-0.3, -0.25) is 4.79 Å². The monoisotopic (exact) mass is 361 g/mol. The fourth-order valence-electron chi connectivity index (χ4n) is 2.67. The van der Waals surface area contributed by atoms with Crippen molar-refractivity contribution in [2.75, 3.05) is 5.32 Å². The van der Waals surface area contributed by atoms with Crippen LogP contribution >= 0.6 is 0 Å². The number of nitrogens with one attached hydrogen (secondary N) is 3. The molecule has 0 saturated carbocycles. The minimum absolute atomic E-state index is 0.0592. The minimum Gasteiger partial charge on any atom is -0.327 e. The van der Waals surface area contributed by atoms with Gasteiger partial charge in [0.25, 0.3) is 5.91 Å². The zero-order valence-electron chi connectivity index (χ0n) is 13.6. The maximum atomic E-state index is 13.3. The molecule has 134 valence electrons. The first-order valence-corrected chi connectivity index (χ1v) is 7.65. The second-order valence-electron chi connectivity index (χ2n) is 5.70. The van der Waals surface area contributed by atoms with Crippen molar-refractivity contribution < 1.29 is 22.8 Å². The van der Waals surface area contributed by atoms with E-state index in [2.05, 4.69) is 16.0 Å². The van der Waals surface area contributed by atoms with E-state index < -0.39 is 35.4 Å². The molecule has 0 radical (unpaired) electrons. The van der Waals surface area contributed by atoms with Crippen LogP contribution in [0.2, 0.25) is 0 Å². The number of urea groups is 1. The van der Waals surface area contributed by atoms with E-state index in [0.29, 0.717) is 11.3 Å². The van der Waals surface area contributed by atoms with Crippen LogP contribution < -0.4 is 16.0 Å². The van der Waals surface area contributed by atoms with Gasteiger partial charge in [-0.2, -0.15) is 0 Å². The van der Waals surface area contributed by atoms with Crippen molar-refractivity contribution in [3.05, 3.63) is 76.7 Å². The molecule has 0 saturated heterocycles. The molecular formula is C18H14F3N3O2. The van der Waals surface area contributed by atoms with E-state index in [9.17, 15) is 22.8 Å². The highest BCUT2D eigenvalue weighted by Crippen LogP contribution is 2.28. The molecule has 1 aliphatic rings. The predicted molar refractivity (Wildman–Crippen MR) is 88.5 cm³/mol. The minimum atomic E-state index is -1.10. The Morgan fingerprint density at radius 3 is 2.38 bits per heavy atom.